The Kier molecular flexibility index (Phi) is 5.85. The smallest absolute Gasteiger partial charge is 0.134 e. The Labute approximate surface area is 109 Å². The van der Waals surface area contributed by atoms with Gasteiger partial charge in [0, 0.05) is 25.8 Å². The molecule has 1 aromatic rings. The molecule has 0 radical (unpaired) electrons. The van der Waals surface area contributed by atoms with Crippen LogP contribution in [0, 0.1) is 5.92 Å². The van der Waals surface area contributed by atoms with Crippen LogP contribution in [0.5, 0.6) is 0 Å². The van der Waals surface area contributed by atoms with Gasteiger partial charge >= 0.3 is 0 Å². The first kappa shape index (κ1) is 14.7. The van der Waals surface area contributed by atoms with Crippen molar-refractivity contribution in [2.24, 2.45) is 5.92 Å². The molecule has 102 valence electrons. The van der Waals surface area contributed by atoms with Gasteiger partial charge in [0.25, 0.3) is 0 Å². The highest BCUT2D eigenvalue weighted by atomic mass is 16.3. The summed E-state index contributed by atoms with van der Waals surface area (Å²) in [5.74, 6) is 2.53. The molecule has 0 aliphatic heterocycles. The largest absolute Gasteiger partial charge is 0.396 e. The zero-order valence-electron chi connectivity index (χ0n) is 11.7. The highest BCUT2D eigenvalue weighted by Crippen LogP contribution is 2.28. The van der Waals surface area contributed by atoms with Crippen LogP contribution in [0.3, 0.4) is 0 Å². The number of aliphatic hydroxyl groups is 1. The Morgan fingerprint density at radius 2 is 1.89 bits per heavy atom. The van der Waals surface area contributed by atoms with E-state index in [1.165, 1.54) is 0 Å². The van der Waals surface area contributed by atoms with E-state index in [1.807, 2.05) is 7.05 Å². The molecule has 0 fully saturated rings. The van der Waals surface area contributed by atoms with Crippen LogP contribution in [0.25, 0.3) is 0 Å². The number of aromatic nitrogens is 2. The lowest BCUT2D eigenvalue weighted by atomic mass is 10.0. The lowest BCUT2D eigenvalue weighted by Gasteiger charge is -2.18. The van der Waals surface area contributed by atoms with E-state index in [0.29, 0.717) is 11.8 Å². The minimum atomic E-state index is 0.228. The van der Waals surface area contributed by atoms with E-state index in [0.717, 1.165) is 30.2 Å². The Morgan fingerprint density at radius 1 is 1.22 bits per heavy atom. The molecular formula is C13H24N4O. The number of rotatable bonds is 7. The summed E-state index contributed by atoms with van der Waals surface area (Å²) in [4.78, 5) is 8.56. The Balaban J connectivity index is 2.81. The van der Waals surface area contributed by atoms with Crippen LogP contribution in [0.1, 0.15) is 38.7 Å². The normalized spacial score (nSPS) is 12.6. The number of nitrogens with zero attached hydrogens (tertiary/aromatic N) is 2. The molecule has 3 N–H and O–H groups in total. The molecule has 1 heterocycles. The highest BCUT2D eigenvalue weighted by Gasteiger charge is 2.14. The molecule has 1 unspecified atom stereocenters. The minimum Gasteiger partial charge on any atom is -0.396 e. The van der Waals surface area contributed by atoms with Crippen molar-refractivity contribution in [1.29, 1.82) is 0 Å². The molecule has 0 aromatic carbocycles. The average Bonchev–Trinajstić information content (AvgIpc) is 2.35. The van der Waals surface area contributed by atoms with Crippen molar-refractivity contribution < 1.29 is 5.11 Å². The van der Waals surface area contributed by atoms with Crippen LogP contribution >= 0.6 is 0 Å². The number of nitrogens with one attached hydrogen (secondary N) is 2. The molecule has 0 amide bonds. The number of hydrogen-bond donors (Lipinski definition) is 3. The van der Waals surface area contributed by atoms with E-state index < -0.39 is 0 Å². The van der Waals surface area contributed by atoms with E-state index in [2.05, 4.69) is 41.4 Å². The second-order valence-electron chi connectivity index (χ2n) is 4.89. The van der Waals surface area contributed by atoms with E-state index in [1.54, 1.807) is 6.33 Å². The van der Waals surface area contributed by atoms with Crippen LogP contribution in [0.15, 0.2) is 6.33 Å². The van der Waals surface area contributed by atoms with Crippen molar-refractivity contribution in [2.45, 2.75) is 33.1 Å². The quantitative estimate of drug-likeness (QED) is 0.693. The molecule has 0 saturated carbocycles. The zero-order chi connectivity index (χ0) is 13.5. The predicted octanol–water partition coefficient (Wildman–Crippen LogP) is 2.07. The van der Waals surface area contributed by atoms with E-state index in [-0.39, 0.29) is 6.61 Å². The maximum atomic E-state index is 8.90. The number of anilines is 2. The average molecular weight is 252 g/mol. The third-order valence-electron chi connectivity index (χ3n) is 2.94. The van der Waals surface area contributed by atoms with Gasteiger partial charge in [-0.15, -0.1) is 0 Å². The summed E-state index contributed by atoms with van der Waals surface area (Å²) >= 11 is 0. The molecule has 0 spiro atoms. The zero-order valence-corrected chi connectivity index (χ0v) is 11.7. The molecule has 0 aliphatic carbocycles. The molecule has 0 aliphatic rings. The van der Waals surface area contributed by atoms with Crippen LogP contribution in [0.2, 0.25) is 0 Å². The predicted molar refractivity (Wildman–Crippen MR) is 75.0 cm³/mol. The van der Waals surface area contributed by atoms with Gasteiger partial charge in [0.1, 0.15) is 18.0 Å². The summed E-state index contributed by atoms with van der Waals surface area (Å²) < 4.78 is 0. The second kappa shape index (κ2) is 7.16. The highest BCUT2D eigenvalue weighted by molar-refractivity contribution is 5.58. The van der Waals surface area contributed by atoms with Gasteiger partial charge in [-0.2, -0.15) is 0 Å². The van der Waals surface area contributed by atoms with Crippen molar-refractivity contribution in [3.63, 3.8) is 0 Å². The van der Waals surface area contributed by atoms with E-state index >= 15 is 0 Å². The lowest BCUT2D eigenvalue weighted by Crippen LogP contribution is -2.16. The topological polar surface area (TPSA) is 70.1 Å². The molecule has 1 atom stereocenters. The van der Waals surface area contributed by atoms with Gasteiger partial charge < -0.3 is 15.7 Å². The first-order valence-electron chi connectivity index (χ1n) is 6.47. The maximum Gasteiger partial charge on any atom is 0.134 e. The van der Waals surface area contributed by atoms with Crippen LogP contribution in [-0.2, 0) is 0 Å². The summed E-state index contributed by atoms with van der Waals surface area (Å²) in [6.45, 7) is 7.40. The fourth-order valence-corrected chi connectivity index (χ4v) is 1.88. The molecule has 5 heteroatoms. The lowest BCUT2D eigenvalue weighted by molar-refractivity contribution is 0.266. The van der Waals surface area contributed by atoms with Crippen molar-refractivity contribution >= 4 is 11.6 Å². The summed E-state index contributed by atoms with van der Waals surface area (Å²) in [5, 5.41) is 15.3. The van der Waals surface area contributed by atoms with Gasteiger partial charge in [0.05, 0.1) is 0 Å². The van der Waals surface area contributed by atoms with E-state index in [9.17, 15) is 0 Å². The Hall–Kier alpha value is -1.36. The van der Waals surface area contributed by atoms with Gasteiger partial charge in [-0.3, -0.25) is 0 Å². The third kappa shape index (κ3) is 3.84. The van der Waals surface area contributed by atoms with Gasteiger partial charge in [0.2, 0.25) is 0 Å². The van der Waals surface area contributed by atoms with Gasteiger partial charge in [0.15, 0.2) is 0 Å². The molecule has 1 aromatic heterocycles. The van der Waals surface area contributed by atoms with Crippen LogP contribution in [0.4, 0.5) is 11.6 Å². The first-order valence-corrected chi connectivity index (χ1v) is 6.47. The summed E-state index contributed by atoms with van der Waals surface area (Å²) in [5.41, 5.74) is 1.11. The number of aliphatic hydroxyl groups excluding tert-OH is 1. The molecule has 0 bridgehead atoms. The summed E-state index contributed by atoms with van der Waals surface area (Å²) in [7, 11) is 1.87. The maximum absolute atomic E-state index is 8.90. The Bertz CT molecular complexity index is 368. The summed E-state index contributed by atoms with van der Waals surface area (Å²) in [6.07, 6.45) is 2.37. The molecular weight excluding hydrogens is 228 g/mol. The standard InChI is InChI=1S/C13H24N4O/c1-9(2)11-12(14-4)16-8-17-13(11)15-7-10(3)5-6-18/h8-10,18H,5-7H2,1-4H3,(H2,14,15,16,17). The summed E-state index contributed by atoms with van der Waals surface area (Å²) in [6, 6.07) is 0. The van der Waals surface area contributed by atoms with Crippen LogP contribution < -0.4 is 10.6 Å². The molecule has 1 rings (SSSR count). The van der Waals surface area contributed by atoms with Crippen molar-refractivity contribution in [2.75, 3.05) is 30.8 Å². The van der Waals surface area contributed by atoms with Crippen molar-refractivity contribution in [1.82, 2.24) is 9.97 Å². The molecule has 18 heavy (non-hydrogen) atoms. The van der Waals surface area contributed by atoms with Gasteiger partial charge in [-0.25, -0.2) is 9.97 Å². The van der Waals surface area contributed by atoms with Gasteiger partial charge in [-0.1, -0.05) is 20.8 Å². The van der Waals surface area contributed by atoms with Gasteiger partial charge in [-0.05, 0) is 18.3 Å². The van der Waals surface area contributed by atoms with Crippen molar-refractivity contribution in [3.8, 4) is 0 Å². The monoisotopic (exact) mass is 252 g/mol. The number of hydrogen-bond acceptors (Lipinski definition) is 5. The third-order valence-corrected chi connectivity index (χ3v) is 2.94. The Morgan fingerprint density at radius 3 is 2.44 bits per heavy atom. The fraction of sp³-hybridized carbons (Fsp3) is 0.692. The molecule has 0 saturated heterocycles. The second-order valence-corrected chi connectivity index (χ2v) is 4.89. The minimum absolute atomic E-state index is 0.228. The first-order chi connectivity index (χ1) is 8.60. The van der Waals surface area contributed by atoms with E-state index in [4.69, 9.17) is 5.11 Å². The molecule has 5 nitrogen and oxygen atoms in total. The fourth-order valence-electron chi connectivity index (χ4n) is 1.88. The van der Waals surface area contributed by atoms with Crippen LogP contribution in [-0.4, -0.2) is 35.3 Å². The SMILES string of the molecule is CNc1ncnc(NCC(C)CCO)c1C(C)C. The van der Waals surface area contributed by atoms with Crippen molar-refractivity contribution in [3.05, 3.63) is 11.9 Å².